The lowest BCUT2D eigenvalue weighted by atomic mass is 10.1. The molecular formula is C22H23ClN2O4S. The highest BCUT2D eigenvalue weighted by atomic mass is 35.5. The van der Waals surface area contributed by atoms with Crippen molar-refractivity contribution in [2.75, 3.05) is 32.2 Å². The molecule has 0 aromatic heterocycles. The second-order valence-electron chi connectivity index (χ2n) is 6.89. The third kappa shape index (κ3) is 4.79. The Morgan fingerprint density at radius 2 is 1.70 bits per heavy atom. The monoisotopic (exact) mass is 446 g/mol. The molecule has 1 heterocycles. The summed E-state index contributed by atoms with van der Waals surface area (Å²) in [5.74, 6) is 0.193. The highest BCUT2D eigenvalue weighted by Gasteiger charge is 2.43. The van der Waals surface area contributed by atoms with Gasteiger partial charge in [-0.25, -0.2) is 0 Å². The number of halogens is 1. The Kier molecular flexibility index (Phi) is 7.39. The summed E-state index contributed by atoms with van der Waals surface area (Å²) < 4.78 is 5.66. The Hall–Kier alpha value is -2.51. The number of benzene rings is 2. The minimum absolute atomic E-state index is 0.279. The fourth-order valence-corrected chi connectivity index (χ4v) is 3.86. The Morgan fingerprint density at radius 3 is 2.27 bits per heavy atom. The van der Waals surface area contributed by atoms with E-state index in [1.807, 2.05) is 6.26 Å². The van der Waals surface area contributed by atoms with E-state index in [1.165, 1.54) is 4.90 Å². The minimum atomic E-state index is -0.842. The molecule has 3 amide bonds. The third-order valence-electron chi connectivity index (χ3n) is 4.90. The van der Waals surface area contributed by atoms with Crippen LogP contribution in [0.1, 0.15) is 27.1 Å². The fraction of sp³-hybridized carbons (Fsp3) is 0.318. The number of carbonyl (C=O) groups is 3. The topological polar surface area (TPSA) is 66.9 Å². The number of amides is 3. The van der Waals surface area contributed by atoms with Crippen LogP contribution in [0.4, 0.5) is 0 Å². The van der Waals surface area contributed by atoms with E-state index in [9.17, 15) is 14.4 Å². The molecule has 0 N–H and O–H groups in total. The van der Waals surface area contributed by atoms with Gasteiger partial charge in [-0.3, -0.25) is 19.3 Å². The van der Waals surface area contributed by atoms with E-state index < -0.39 is 17.9 Å². The number of imide groups is 1. The van der Waals surface area contributed by atoms with Gasteiger partial charge >= 0.3 is 0 Å². The van der Waals surface area contributed by atoms with Crippen LogP contribution in [0.25, 0.3) is 0 Å². The van der Waals surface area contributed by atoms with Crippen molar-refractivity contribution >= 4 is 41.1 Å². The first-order valence-electron chi connectivity index (χ1n) is 9.53. The molecule has 1 aliphatic heterocycles. The zero-order valence-electron chi connectivity index (χ0n) is 16.8. The van der Waals surface area contributed by atoms with Crippen molar-refractivity contribution in [3.05, 3.63) is 64.7 Å². The Labute approximate surface area is 185 Å². The molecule has 2 aromatic carbocycles. The van der Waals surface area contributed by atoms with E-state index in [0.29, 0.717) is 40.6 Å². The van der Waals surface area contributed by atoms with E-state index >= 15 is 0 Å². The van der Waals surface area contributed by atoms with Crippen LogP contribution in [0.2, 0.25) is 5.02 Å². The Balaban J connectivity index is 1.68. The number of hydrogen-bond acceptors (Lipinski definition) is 5. The summed E-state index contributed by atoms with van der Waals surface area (Å²) in [6, 6.07) is 12.8. The maximum Gasteiger partial charge on any atom is 0.262 e. The quantitative estimate of drug-likeness (QED) is 0.550. The average molecular weight is 447 g/mol. The van der Waals surface area contributed by atoms with Crippen molar-refractivity contribution in [3.8, 4) is 5.75 Å². The van der Waals surface area contributed by atoms with Crippen molar-refractivity contribution in [1.29, 1.82) is 0 Å². The largest absolute Gasteiger partial charge is 0.492 e. The van der Waals surface area contributed by atoms with Gasteiger partial charge in [0.15, 0.2) is 0 Å². The van der Waals surface area contributed by atoms with Crippen LogP contribution in [0.3, 0.4) is 0 Å². The Bertz CT molecular complexity index is 900. The van der Waals surface area contributed by atoms with Gasteiger partial charge in [0.25, 0.3) is 11.8 Å². The maximum atomic E-state index is 13.2. The summed E-state index contributed by atoms with van der Waals surface area (Å²) in [7, 11) is 1.65. The number of fused-ring (bicyclic) bond motifs is 1. The number of carbonyl (C=O) groups excluding carboxylic acids is 3. The molecule has 0 fully saturated rings. The van der Waals surface area contributed by atoms with Crippen LogP contribution in [-0.4, -0.2) is 65.8 Å². The van der Waals surface area contributed by atoms with Gasteiger partial charge in [-0.05, 0) is 54.8 Å². The third-order valence-corrected chi connectivity index (χ3v) is 5.80. The van der Waals surface area contributed by atoms with Gasteiger partial charge in [-0.15, -0.1) is 0 Å². The lowest BCUT2D eigenvalue weighted by Gasteiger charge is -2.29. The second kappa shape index (κ2) is 10.00. The van der Waals surface area contributed by atoms with Crippen molar-refractivity contribution in [1.82, 2.24) is 9.80 Å². The Morgan fingerprint density at radius 1 is 1.10 bits per heavy atom. The van der Waals surface area contributed by atoms with E-state index in [-0.39, 0.29) is 12.5 Å². The molecule has 1 unspecified atom stereocenters. The normalized spacial score (nSPS) is 13.9. The molecule has 3 rings (SSSR count). The van der Waals surface area contributed by atoms with Gasteiger partial charge in [0.2, 0.25) is 5.91 Å². The first-order valence-corrected chi connectivity index (χ1v) is 11.3. The molecule has 0 radical (unpaired) electrons. The number of rotatable bonds is 9. The van der Waals surface area contributed by atoms with E-state index in [4.69, 9.17) is 16.3 Å². The summed E-state index contributed by atoms with van der Waals surface area (Å²) in [4.78, 5) is 41.5. The zero-order valence-corrected chi connectivity index (χ0v) is 18.4. The lowest BCUT2D eigenvalue weighted by molar-refractivity contribution is -0.134. The number of thioether (sulfide) groups is 1. The zero-order chi connectivity index (χ0) is 21.7. The lowest BCUT2D eigenvalue weighted by Crippen LogP contribution is -2.51. The summed E-state index contributed by atoms with van der Waals surface area (Å²) in [6.45, 7) is 0.599. The second-order valence-corrected chi connectivity index (χ2v) is 8.31. The molecule has 158 valence electrons. The van der Waals surface area contributed by atoms with Crippen LogP contribution in [0.15, 0.2) is 48.5 Å². The van der Waals surface area contributed by atoms with Crippen molar-refractivity contribution in [2.45, 2.75) is 12.5 Å². The molecular weight excluding hydrogens is 424 g/mol. The molecule has 0 aliphatic carbocycles. The van der Waals surface area contributed by atoms with Crippen LogP contribution in [0.5, 0.6) is 5.75 Å². The molecule has 8 heteroatoms. The van der Waals surface area contributed by atoms with Crippen molar-refractivity contribution in [2.24, 2.45) is 0 Å². The molecule has 0 spiro atoms. The summed E-state index contributed by atoms with van der Waals surface area (Å²) in [5.41, 5.74) is 0.691. The summed E-state index contributed by atoms with van der Waals surface area (Å²) >= 11 is 7.43. The number of ether oxygens (including phenoxy) is 1. The molecule has 30 heavy (non-hydrogen) atoms. The highest BCUT2D eigenvalue weighted by molar-refractivity contribution is 7.98. The van der Waals surface area contributed by atoms with Gasteiger partial charge in [0.05, 0.1) is 17.7 Å². The minimum Gasteiger partial charge on any atom is -0.492 e. The maximum absolute atomic E-state index is 13.2. The van der Waals surface area contributed by atoms with Crippen molar-refractivity contribution < 1.29 is 19.1 Å². The van der Waals surface area contributed by atoms with Gasteiger partial charge in [0, 0.05) is 12.1 Å². The first-order chi connectivity index (χ1) is 14.4. The number of hydrogen-bond donors (Lipinski definition) is 0. The summed E-state index contributed by atoms with van der Waals surface area (Å²) in [6.07, 6.45) is 2.32. The van der Waals surface area contributed by atoms with E-state index in [2.05, 4.69) is 0 Å². The average Bonchev–Trinajstić information content (AvgIpc) is 3.00. The molecule has 6 nitrogen and oxygen atoms in total. The predicted octanol–water partition coefficient (Wildman–Crippen LogP) is 3.60. The number of likely N-dealkylation sites (N-methyl/N-ethyl adjacent to an activating group) is 1. The van der Waals surface area contributed by atoms with Gasteiger partial charge in [-0.2, -0.15) is 11.8 Å². The predicted molar refractivity (Wildman–Crippen MR) is 118 cm³/mol. The first kappa shape index (κ1) is 22.2. The van der Waals surface area contributed by atoms with Gasteiger partial charge in [-0.1, -0.05) is 23.7 Å². The molecule has 1 aliphatic rings. The van der Waals surface area contributed by atoms with Crippen LogP contribution >= 0.6 is 23.4 Å². The van der Waals surface area contributed by atoms with Crippen LogP contribution in [-0.2, 0) is 4.79 Å². The molecule has 1 atom stereocenters. The van der Waals surface area contributed by atoms with E-state index in [1.54, 1.807) is 67.3 Å². The smallest absolute Gasteiger partial charge is 0.262 e. The molecule has 0 saturated carbocycles. The van der Waals surface area contributed by atoms with Crippen molar-refractivity contribution in [3.63, 3.8) is 0 Å². The number of nitrogens with zero attached hydrogens (tertiary/aromatic N) is 2. The SMILES string of the molecule is CSCCC(C(=O)N(C)CCOc1ccc(Cl)cc1)N1C(=O)c2ccccc2C1=O. The van der Waals surface area contributed by atoms with Crippen LogP contribution < -0.4 is 4.74 Å². The van der Waals surface area contributed by atoms with Gasteiger partial charge < -0.3 is 9.64 Å². The van der Waals surface area contributed by atoms with Crippen LogP contribution in [0, 0.1) is 0 Å². The molecule has 0 saturated heterocycles. The van der Waals surface area contributed by atoms with Gasteiger partial charge in [0.1, 0.15) is 18.4 Å². The van der Waals surface area contributed by atoms with E-state index in [0.717, 1.165) is 4.90 Å². The highest BCUT2D eigenvalue weighted by Crippen LogP contribution is 2.27. The fourth-order valence-electron chi connectivity index (χ4n) is 3.28. The standard InChI is InChI=1S/C22H23ClN2O4S/c1-24(12-13-29-16-9-7-15(23)8-10-16)22(28)19(11-14-30-2)25-20(26)17-5-3-4-6-18(17)21(25)27/h3-10,19H,11-14H2,1-2H3. The molecule has 0 bridgehead atoms. The molecule has 2 aromatic rings. The summed E-state index contributed by atoms with van der Waals surface area (Å²) in [5, 5.41) is 0.618.